The Hall–Kier alpha value is -0.820. The molecule has 1 unspecified atom stereocenters. The number of aliphatic hydroxyl groups excluding tert-OH is 1. The Balaban J connectivity index is 2.18. The third-order valence-electron chi connectivity index (χ3n) is 2.47. The fourth-order valence-electron chi connectivity index (χ4n) is 1.46. The quantitative estimate of drug-likeness (QED) is 0.708. The summed E-state index contributed by atoms with van der Waals surface area (Å²) in [6.07, 6.45) is 2.35. The van der Waals surface area contributed by atoms with Crippen LogP contribution in [0.5, 0.6) is 0 Å². The minimum absolute atomic E-state index is 0.335. The highest BCUT2D eigenvalue weighted by molar-refractivity contribution is 5.28. The number of hydrogen-bond acceptors (Lipinski definition) is 1. The molecule has 1 fully saturated rings. The third kappa shape index (κ3) is 1.51. The fourth-order valence-corrected chi connectivity index (χ4v) is 1.46. The van der Waals surface area contributed by atoms with Gasteiger partial charge in [0.05, 0.1) is 6.10 Å². The molecule has 2 rings (SSSR count). The Bertz CT molecular complexity index is 236. The summed E-state index contributed by atoms with van der Waals surface area (Å²) in [5.41, 5.74) is 2.44. The summed E-state index contributed by atoms with van der Waals surface area (Å²) in [6.45, 7) is 1.80. The standard InChI is InChI=1S/C11H14O/c1-8(12)9-2-4-10(5-3-9)11-6-7-11/h2-5,8,11-12H,6-7H2,1H3. The second kappa shape index (κ2) is 2.91. The van der Waals surface area contributed by atoms with E-state index in [1.165, 1.54) is 18.4 Å². The van der Waals surface area contributed by atoms with E-state index in [0.717, 1.165) is 11.5 Å². The van der Waals surface area contributed by atoms with Crippen molar-refractivity contribution in [3.05, 3.63) is 35.4 Å². The van der Waals surface area contributed by atoms with Gasteiger partial charge in [-0.25, -0.2) is 0 Å². The molecular formula is C11H14O. The average molecular weight is 162 g/mol. The van der Waals surface area contributed by atoms with Crippen molar-refractivity contribution in [1.29, 1.82) is 0 Å². The first kappa shape index (κ1) is 7.81. The highest BCUT2D eigenvalue weighted by Crippen LogP contribution is 2.40. The Morgan fingerprint density at radius 1 is 1.25 bits per heavy atom. The molecule has 0 amide bonds. The van der Waals surface area contributed by atoms with Gasteiger partial charge in [0.1, 0.15) is 0 Å². The number of benzene rings is 1. The molecule has 1 N–H and O–H groups in total. The lowest BCUT2D eigenvalue weighted by atomic mass is 10.1. The van der Waals surface area contributed by atoms with E-state index in [9.17, 15) is 5.11 Å². The van der Waals surface area contributed by atoms with E-state index in [4.69, 9.17) is 0 Å². The molecule has 1 aromatic carbocycles. The molecule has 0 saturated heterocycles. The molecule has 0 heterocycles. The van der Waals surface area contributed by atoms with Gasteiger partial charge in [-0.05, 0) is 36.8 Å². The van der Waals surface area contributed by atoms with Gasteiger partial charge in [0, 0.05) is 0 Å². The zero-order valence-electron chi connectivity index (χ0n) is 7.33. The largest absolute Gasteiger partial charge is 0.389 e. The Morgan fingerprint density at radius 2 is 1.83 bits per heavy atom. The molecule has 1 atom stereocenters. The third-order valence-corrected chi connectivity index (χ3v) is 2.47. The van der Waals surface area contributed by atoms with Gasteiger partial charge < -0.3 is 5.11 Å². The van der Waals surface area contributed by atoms with Crippen LogP contribution in [0.1, 0.15) is 42.9 Å². The lowest BCUT2D eigenvalue weighted by molar-refractivity contribution is 0.199. The van der Waals surface area contributed by atoms with E-state index < -0.39 is 0 Å². The van der Waals surface area contributed by atoms with Gasteiger partial charge in [-0.3, -0.25) is 0 Å². The molecule has 0 aromatic heterocycles. The molecule has 1 aromatic rings. The average Bonchev–Trinajstić information content (AvgIpc) is 2.87. The molecule has 1 aliphatic carbocycles. The van der Waals surface area contributed by atoms with Crippen LogP contribution in [0, 0.1) is 0 Å². The Labute approximate surface area is 73.0 Å². The van der Waals surface area contributed by atoms with Crippen molar-refractivity contribution < 1.29 is 5.11 Å². The maximum absolute atomic E-state index is 9.27. The van der Waals surface area contributed by atoms with Crippen molar-refractivity contribution in [2.24, 2.45) is 0 Å². The first-order chi connectivity index (χ1) is 5.77. The maximum Gasteiger partial charge on any atom is 0.0761 e. The van der Waals surface area contributed by atoms with Crippen molar-refractivity contribution in [3.63, 3.8) is 0 Å². The van der Waals surface area contributed by atoms with Crippen LogP contribution in [0.3, 0.4) is 0 Å². The van der Waals surface area contributed by atoms with Crippen LogP contribution in [-0.2, 0) is 0 Å². The number of aliphatic hydroxyl groups is 1. The molecule has 1 heteroatoms. The normalized spacial score (nSPS) is 19.2. The highest BCUT2D eigenvalue weighted by atomic mass is 16.3. The van der Waals surface area contributed by atoms with E-state index in [2.05, 4.69) is 12.1 Å². The first-order valence-electron chi connectivity index (χ1n) is 4.55. The monoisotopic (exact) mass is 162 g/mol. The van der Waals surface area contributed by atoms with Crippen LogP contribution in [0.15, 0.2) is 24.3 Å². The van der Waals surface area contributed by atoms with Crippen LogP contribution in [0.25, 0.3) is 0 Å². The lowest BCUT2D eigenvalue weighted by Gasteiger charge is -2.04. The van der Waals surface area contributed by atoms with Crippen molar-refractivity contribution in [2.45, 2.75) is 31.8 Å². The summed E-state index contributed by atoms with van der Waals surface area (Å²) < 4.78 is 0. The SMILES string of the molecule is CC(O)c1ccc(C2CC2)cc1. The van der Waals surface area contributed by atoms with Gasteiger partial charge in [0.25, 0.3) is 0 Å². The summed E-state index contributed by atoms with van der Waals surface area (Å²) in [5.74, 6) is 0.813. The Kier molecular flexibility index (Phi) is 1.89. The van der Waals surface area contributed by atoms with Gasteiger partial charge in [-0.1, -0.05) is 24.3 Å². The van der Waals surface area contributed by atoms with Crippen LogP contribution in [0.2, 0.25) is 0 Å². The van der Waals surface area contributed by atoms with E-state index in [1.807, 2.05) is 12.1 Å². The minimum Gasteiger partial charge on any atom is -0.389 e. The van der Waals surface area contributed by atoms with Crippen molar-refractivity contribution in [2.75, 3.05) is 0 Å². The van der Waals surface area contributed by atoms with E-state index in [1.54, 1.807) is 6.92 Å². The first-order valence-corrected chi connectivity index (χ1v) is 4.55. The molecule has 1 aliphatic rings. The molecule has 0 spiro atoms. The summed E-state index contributed by atoms with van der Waals surface area (Å²) in [4.78, 5) is 0. The van der Waals surface area contributed by atoms with Crippen LogP contribution in [-0.4, -0.2) is 5.11 Å². The molecule has 0 radical (unpaired) electrons. The van der Waals surface area contributed by atoms with Gasteiger partial charge in [-0.15, -0.1) is 0 Å². The molecule has 12 heavy (non-hydrogen) atoms. The summed E-state index contributed by atoms with van der Waals surface area (Å²) >= 11 is 0. The maximum atomic E-state index is 9.27. The Morgan fingerprint density at radius 3 is 2.25 bits per heavy atom. The predicted octanol–water partition coefficient (Wildman–Crippen LogP) is 2.62. The van der Waals surface area contributed by atoms with E-state index >= 15 is 0 Å². The zero-order chi connectivity index (χ0) is 8.55. The molecule has 0 bridgehead atoms. The van der Waals surface area contributed by atoms with Gasteiger partial charge in [0.2, 0.25) is 0 Å². The van der Waals surface area contributed by atoms with Crippen molar-refractivity contribution in [3.8, 4) is 0 Å². The molecule has 1 saturated carbocycles. The second-order valence-corrected chi connectivity index (χ2v) is 3.62. The lowest BCUT2D eigenvalue weighted by Crippen LogP contribution is -1.90. The van der Waals surface area contributed by atoms with Crippen molar-refractivity contribution in [1.82, 2.24) is 0 Å². The topological polar surface area (TPSA) is 20.2 Å². The van der Waals surface area contributed by atoms with Crippen LogP contribution >= 0.6 is 0 Å². The van der Waals surface area contributed by atoms with Crippen LogP contribution < -0.4 is 0 Å². The van der Waals surface area contributed by atoms with Gasteiger partial charge in [-0.2, -0.15) is 0 Å². The molecule has 64 valence electrons. The number of hydrogen-bond donors (Lipinski definition) is 1. The second-order valence-electron chi connectivity index (χ2n) is 3.62. The zero-order valence-corrected chi connectivity index (χ0v) is 7.33. The van der Waals surface area contributed by atoms with Crippen LogP contribution in [0.4, 0.5) is 0 Å². The smallest absolute Gasteiger partial charge is 0.0761 e. The van der Waals surface area contributed by atoms with E-state index in [0.29, 0.717) is 0 Å². The minimum atomic E-state index is -0.335. The predicted molar refractivity (Wildman–Crippen MR) is 49.1 cm³/mol. The molecular weight excluding hydrogens is 148 g/mol. The molecule has 0 aliphatic heterocycles. The molecule has 1 nitrogen and oxygen atoms in total. The fraction of sp³-hybridized carbons (Fsp3) is 0.455. The summed E-state index contributed by atoms with van der Waals surface area (Å²) in [7, 11) is 0. The van der Waals surface area contributed by atoms with Gasteiger partial charge >= 0.3 is 0 Å². The number of rotatable bonds is 2. The summed E-state index contributed by atoms with van der Waals surface area (Å²) in [5, 5.41) is 9.27. The van der Waals surface area contributed by atoms with Gasteiger partial charge in [0.15, 0.2) is 0 Å². The highest BCUT2D eigenvalue weighted by Gasteiger charge is 2.22. The van der Waals surface area contributed by atoms with Crippen molar-refractivity contribution >= 4 is 0 Å². The van der Waals surface area contributed by atoms with E-state index in [-0.39, 0.29) is 6.10 Å². The summed E-state index contributed by atoms with van der Waals surface area (Å²) in [6, 6.07) is 8.33.